The molecule has 1 aliphatic rings. The number of aromatic nitrogens is 2. The Balaban J connectivity index is 1.74. The van der Waals surface area contributed by atoms with Crippen molar-refractivity contribution in [3.05, 3.63) is 41.9 Å². The van der Waals surface area contributed by atoms with Gasteiger partial charge in [-0.1, -0.05) is 13.0 Å². The molecule has 0 radical (unpaired) electrons. The normalized spacial score (nSPS) is 17.0. The van der Waals surface area contributed by atoms with Crippen LogP contribution >= 0.6 is 0 Å². The lowest BCUT2D eigenvalue weighted by Gasteiger charge is -2.35. The van der Waals surface area contributed by atoms with Crippen LogP contribution in [0, 0.1) is 6.92 Å². The maximum Gasteiger partial charge on any atom is 0.275 e. The van der Waals surface area contributed by atoms with Crippen LogP contribution in [0.4, 0.5) is 11.5 Å². The Bertz CT molecular complexity index is 761. The van der Waals surface area contributed by atoms with E-state index in [1.807, 2.05) is 25.1 Å². The summed E-state index contributed by atoms with van der Waals surface area (Å²) >= 11 is 0. The summed E-state index contributed by atoms with van der Waals surface area (Å²) in [4.78, 5) is 23.7. The van der Waals surface area contributed by atoms with Crippen LogP contribution in [0.1, 0.15) is 48.7 Å². The lowest BCUT2D eigenvalue weighted by molar-refractivity contribution is 0.102. The molecule has 26 heavy (non-hydrogen) atoms. The van der Waals surface area contributed by atoms with Crippen molar-refractivity contribution in [2.24, 2.45) is 0 Å². The van der Waals surface area contributed by atoms with Gasteiger partial charge in [0.15, 0.2) is 0 Å². The highest BCUT2D eigenvalue weighted by Crippen LogP contribution is 2.26. The Labute approximate surface area is 154 Å². The first-order valence-electron chi connectivity index (χ1n) is 9.17. The Kier molecular flexibility index (Phi) is 5.71. The van der Waals surface area contributed by atoms with E-state index in [9.17, 15) is 4.79 Å². The molecule has 1 amide bonds. The van der Waals surface area contributed by atoms with Gasteiger partial charge in [0.25, 0.3) is 5.91 Å². The van der Waals surface area contributed by atoms with Gasteiger partial charge in [-0.05, 0) is 50.3 Å². The van der Waals surface area contributed by atoms with Crippen LogP contribution in [0.3, 0.4) is 0 Å². The van der Waals surface area contributed by atoms with Crippen molar-refractivity contribution in [2.45, 2.75) is 45.6 Å². The zero-order valence-corrected chi connectivity index (χ0v) is 15.7. The minimum Gasteiger partial charge on any atom is -0.495 e. The maximum absolute atomic E-state index is 12.5. The second kappa shape index (κ2) is 8.17. The van der Waals surface area contributed by atoms with E-state index in [1.54, 1.807) is 19.5 Å². The predicted molar refractivity (Wildman–Crippen MR) is 103 cm³/mol. The molecule has 138 valence electrons. The molecule has 2 heterocycles. The van der Waals surface area contributed by atoms with Crippen LogP contribution in [-0.4, -0.2) is 35.6 Å². The molecular formula is C20H26N4O2. The average molecular weight is 354 g/mol. The minimum absolute atomic E-state index is 0.293. The number of aryl methyl sites for hydroxylation is 1. The predicted octanol–water partition coefficient (Wildman–Crippen LogP) is 3.81. The second-order valence-corrected chi connectivity index (χ2v) is 6.67. The quantitative estimate of drug-likeness (QED) is 0.884. The maximum atomic E-state index is 12.5. The Morgan fingerprint density at radius 1 is 1.31 bits per heavy atom. The smallest absolute Gasteiger partial charge is 0.275 e. The highest BCUT2D eigenvalue weighted by atomic mass is 16.5. The summed E-state index contributed by atoms with van der Waals surface area (Å²) in [6.07, 6.45) is 7.98. The van der Waals surface area contributed by atoms with Crippen molar-refractivity contribution in [3.63, 3.8) is 0 Å². The Morgan fingerprint density at radius 3 is 2.85 bits per heavy atom. The van der Waals surface area contributed by atoms with Crippen molar-refractivity contribution in [1.82, 2.24) is 9.97 Å². The molecule has 1 aromatic carbocycles. The average Bonchev–Trinajstić information content (AvgIpc) is 2.68. The van der Waals surface area contributed by atoms with E-state index in [1.165, 1.54) is 19.3 Å². The van der Waals surface area contributed by atoms with E-state index < -0.39 is 0 Å². The zero-order chi connectivity index (χ0) is 18.5. The lowest BCUT2D eigenvalue weighted by atomic mass is 10.0. The summed E-state index contributed by atoms with van der Waals surface area (Å²) < 4.78 is 5.30. The van der Waals surface area contributed by atoms with Gasteiger partial charge < -0.3 is 15.0 Å². The molecule has 0 saturated carbocycles. The van der Waals surface area contributed by atoms with E-state index >= 15 is 0 Å². The SMILES string of the molecule is CCC1CCCCN1c1cnc(C(=O)Nc2cc(C)ccc2OC)cn1. The van der Waals surface area contributed by atoms with Gasteiger partial charge in [0, 0.05) is 12.6 Å². The molecule has 1 atom stereocenters. The molecule has 1 fully saturated rings. The lowest BCUT2D eigenvalue weighted by Crippen LogP contribution is -2.39. The molecule has 1 unspecified atom stereocenters. The topological polar surface area (TPSA) is 67.4 Å². The number of amides is 1. The van der Waals surface area contributed by atoms with Gasteiger partial charge in [-0.2, -0.15) is 0 Å². The molecule has 0 bridgehead atoms. The van der Waals surface area contributed by atoms with Crippen LogP contribution < -0.4 is 15.0 Å². The molecule has 3 rings (SSSR count). The molecule has 1 aliphatic heterocycles. The van der Waals surface area contributed by atoms with E-state index in [0.29, 0.717) is 23.2 Å². The van der Waals surface area contributed by atoms with Crippen molar-refractivity contribution < 1.29 is 9.53 Å². The largest absolute Gasteiger partial charge is 0.495 e. The molecule has 6 heteroatoms. The second-order valence-electron chi connectivity index (χ2n) is 6.67. The third kappa shape index (κ3) is 3.95. The number of nitrogens with one attached hydrogen (secondary N) is 1. The number of methoxy groups -OCH3 is 1. The summed E-state index contributed by atoms with van der Waals surface area (Å²) in [6.45, 7) is 5.17. The zero-order valence-electron chi connectivity index (χ0n) is 15.7. The fourth-order valence-electron chi connectivity index (χ4n) is 3.42. The fourth-order valence-corrected chi connectivity index (χ4v) is 3.42. The molecule has 0 spiro atoms. The van der Waals surface area contributed by atoms with Crippen LogP contribution in [0.2, 0.25) is 0 Å². The number of carbonyl (C=O) groups excluding carboxylic acids is 1. The Morgan fingerprint density at radius 2 is 2.15 bits per heavy atom. The van der Waals surface area contributed by atoms with E-state index in [4.69, 9.17) is 4.74 Å². The first-order chi connectivity index (χ1) is 12.6. The number of benzene rings is 1. The van der Waals surface area contributed by atoms with Crippen LogP contribution in [-0.2, 0) is 0 Å². The van der Waals surface area contributed by atoms with Gasteiger partial charge in [-0.15, -0.1) is 0 Å². The summed E-state index contributed by atoms with van der Waals surface area (Å²) in [5, 5.41) is 2.86. The molecule has 2 aromatic rings. The first-order valence-corrected chi connectivity index (χ1v) is 9.17. The number of ether oxygens (including phenoxy) is 1. The monoisotopic (exact) mass is 354 g/mol. The number of hydrogen-bond donors (Lipinski definition) is 1. The number of rotatable bonds is 5. The van der Waals surface area contributed by atoms with Gasteiger partial charge >= 0.3 is 0 Å². The summed E-state index contributed by atoms with van der Waals surface area (Å²) in [6, 6.07) is 6.15. The highest BCUT2D eigenvalue weighted by Gasteiger charge is 2.22. The highest BCUT2D eigenvalue weighted by molar-refractivity contribution is 6.03. The van der Waals surface area contributed by atoms with Gasteiger partial charge in [0.1, 0.15) is 17.3 Å². The van der Waals surface area contributed by atoms with Gasteiger partial charge in [-0.3, -0.25) is 4.79 Å². The molecule has 1 saturated heterocycles. The third-order valence-electron chi connectivity index (χ3n) is 4.87. The number of anilines is 2. The van der Waals surface area contributed by atoms with Crippen molar-refractivity contribution >= 4 is 17.4 Å². The first kappa shape index (κ1) is 18.2. The summed E-state index contributed by atoms with van der Waals surface area (Å²) in [5.41, 5.74) is 1.96. The van der Waals surface area contributed by atoms with E-state index in [2.05, 4.69) is 27.1 Å². The molecular weight excluding hydrogens is 328 g/mol. The number of nitrogens with zero attached hydrogens (tertiary/aromatic N) is 3. The number of carbonyl (C=O) groups is 1. The van der Waals surface area contributed by atoms with Crippen molar-refractivity contribution in [2.75, 3.05) is 23.9 Å². The molecule has 0 aliphatic carbocycles. The molecule has 1 aromatic heterocycles. The van der Waals surface area contributed by atoms with Crippen LogP contribution in [0.15, 0.2) is 30.6 Å². The van der Waals surface area contributed by atoms with Gasteiger partial charge in [-0.25, -0.2) is 9.97 Å². The number of piperidine rings is 1. The van der Waals surface area contributed by atoms with Gasteiger partial charge in [0.05, 0.1) is 25.2 Å². The van der Waals surface area contributed by atoms with Gasteiger partial charge in [0.2, 0.25) is 0 Å². The summed E-state index contributed by atoms with van der Waals surface area (Å²) in [5.74, 6) is 1.17. The van der Waals surface area contributed by atoms with Crippen molar-refractivity contribution in [3.8, 4) is 5.75 Å². The minimum atomic E-state index is -0.293. The third-order valence-corrected chi connectivity index (χ3v) is 4.87. The standard InChI is InChI=1S/C20H26N4O2/c1-4-15-7-5-6-10-24(15)19-13-21-17(12-22-19)20(25)23-16-11-14(2)8-9-18(16)26-3/h8-9,11-13,15H,4-7,10H2,1-3H3,(H,23,25). The fraction of sp³-hybridized carbons (Fsp3) is 0.450. The van der Waals surface area contributed by atoms with Crippen LogP contribution in [0.5, 0.6) is 5.75 Å². The van der Waals surface area contributed by atoms with E-state index in [-0.39, 0.29) is 5.91 Å². The molecule has 6 nitrogen and oxygen atoms in total. The van der Waals surface area contributed by atoms with E-state index in [0.717, 1.165) is 24.3 Å². The Hall–Kier alpha value is -2.63. The number of hydrogen-bond acceptors (Lipinski definition) is 5. The molecule has 1 N–H and O–H groups in total. The summed E-state index contributed by atoms with van der Waals surface area (Å²) in [7, 11) is 1.58. The van der Waals surface area contributed by atoms with Crippen LogP contribution in [0.25, 0.3) is 0 Å². The van der Waals surface area contributed by atoms with Crippen molar-refractivity contribution in [1.29, 1.82) is 0 Å².